The van der Waals surface area contributed by atoms with E-state index in [2.05, 4.69) is 27.7 Å². The normalized spacial score (nSPS) is 38.1. The lowest BCUT2D eigenvalue weighted by Crippen LogP contribution is -2.53. The molecule has 4 saturated carbocycles. The second kappa shape index (κ2) is 10.7. The summed E-state index contributed by atoms with van der Waals surface area (Å²) in [7, 11) is 0. The van der Waals surface area contributed by atoms with Crippen molar-refractivity contribution in [1.82, 2.24) is 0 Å². The van der Waals surface area contributed by atoms with E-state index in [4.69, 9.17) is 11.5 Å². The number of nitrogens with two attached hydrogens (primary N) is 2. The second-order valence-corrected chi connectivity index (χ2v) is 14.8. The summed E-state index contributed by atoms with van der Waals surface area (Å²) >= 11 is 0. The number of carboxylic acids is 1. The van der Waals surface area contributed by atoms with E-state index in [0.717, 1.165) is 47.5 Å². The highest BCUT2D eigenvalue weighted by Gasteiger charge is 2.60. The third-order valence-corrected chi connectivity index (χ3v) is 12.8. The highest BCUT2D eigenvalue weighted by atomic mass is 16.4. The van der Waals surface area contributed by atoms with Gasteiger partial charge in [-0.05, 0) is 128 Å². The molecule has 4 nitrogen and oxygen atoms in total. The van der Waals surface area contributed by atoms with E-state index in [1.165, 1.54) is 77.0 Å². The smallest absolute Gasteiger partial charge is 0.336 e. The zero-order chi connectivity index (χ0) is 27.2. The van der Waals surface area contributed by atoms with Crippen LogP contribution in [0.15, 0.2) is 12.1 Å². The molecule has 4 fully saturated rings. The van der Waals surface area contributed by atoms with Crippen molar-refractivity contribution in [1.29, 1.82) is 0 Å². The third-order valence-electron chi connectivity index (χ3n) is 12.8. The van der Waals surface area contributed by atoms with Crippen LogP contribution in [0.5, 0.6) is 0 Å². The number of benzene rings is 1. The highest BCUT2D eigenvalue weighted by Crippen LogP contribution is 2.68. The molecule has 0 aromatic heterocycles. The summed E-state index contributed by atoms with van der Waals surface area (Å²) in [4.78, 5) is 11.8. The molecule has 38 heavy (non-hydrogen) atoms. The molecule has 3 unspecified atom stereocenters. The van der Waals surface area contributed by atoms with Crippen molar-refractivity contribution in [2.45, 2.75) is 118 Å². The maximum absolute atomic E-state index is 11.8. The van der Waals surface area contributed by atoms with Crippen LogP contribution in [0.1, 0.15) is 127 Å². The van der Waals surface area contributed by atoms with E-state index in [1.807, 2.05) is 0 Å². The van der Waals surface area contributed by atoms with Gasteiger partial charge in [0, 0.05) is 11.4 Å². The first-order valence-electron chi connectivity index (χ1n) is 16.0. The van der Waals surface area contributed by atoms with E-state index in [1.54, 1.807) is 12.1 Å². The van der Waals surface area contributed by atoms with Gasteiger partial charge in [0.15, 0.2) is 0 Å². The van der Waals surface area contributed by atoms with Crippen LogP contribution >= 0.6 is 0 Å². The minimum Gasteiger partial charge on any atom is -0.478 e. The fourth-order valence-corrected chi connectivity index (χ4v) is 10.8. The van der Waals surface area contributed by atoms with Crippen LogP contribution in [-0.2, 0) is 6.42 Å². The number of rotatable bonds is 8. The Labute approximate surface area is 231 Å². The van der Waals surface area contributed by atoms with Crippen LogP contribution in [0.25, 0.3) is 0 Å². The van der Waals surface area contributed by atoms with E-state index in [0.29, 0.717) is 34.5 Å². The second-order valence-electron chi connectivity index (χ2n) is 14.8. The standard InChI is InChI=1S/C34H54N2O2/c1-21(18-26-27(32(37)38)19-24(35)20-31(26)36)8-7-9-22(2)28-13-14-29-25-12-11-23-10-5-6-16-33(23,3)30(25)15-17-34(28,29)4/h19-23,25,28-30H,5-18,35-36H2,1-4H3,(H,37,38)/t21?,22?,23?,25-,28+,29-,30-,33-,34+/m0/s1. The van der Waals surface area contributed by atoms with Crippen molar-refractivity contribution in [3.8, 4) is 0 Å². The summed E-state index contributed by atoms with van der Waals surface area (Å²) in [5, 5.41) is 9.65. The maximum Gasteiger partial charge on any atom is 0.336 e. The molecular formula is C34H54N2O2. The van der Waals surface area contributed by atoms with Crippen LogP contribution in [0, 0.1) is 52.3 Å². The molecule has 0 radical (unpaired) electrons. The predicted molar refractivity (Wildman–Crippen MR) is 158 cm³/mol. The molecule has 4 heteroatoms. The average Bonchev–Trinajstić information content (AvgIpc) is 3.22. The largest absolute Gasteiger partial charge is 0.478 e. The van der Waals surface area contributed by atoms with Crippen LogP contribution < -0.4 is 11.5 Å². The Morgan fingerprint density at radius 1 is 0.947 bits per heavy atom. The highest BCUT2D eigenvalue weighted by molar-refractivity contribution is 5.92. The Bertz CT molecular complexity index is 1020. The molecule has 1 aromatic rings. The molecule has 0 saturated heterocycles. The summed E-state index contributed by atoms with van der Waals surface area (Å²) in [6, 6.07) is 3.25. The summed E-state index contributed by atoms with van der Waals surface area (Å²) in [6.45, 7) is 10.2. The Morgan fingerprint density at radius 3 is 2.47 bits per heavy atom. The monoisotopic (exact) mass is 522 g/mol. The minimum absolute atomic E-state index is 0.263. The van der Waals surface area contributed by atoms with Crippen molar-refractivity contribution in [3.05, 3.63) is 23.3 Å². The SMILES string of the molecule is CC(CCCC(C)[C@H]1CC[C@H]2[C@@H]3CCC4CCCC[C@]4(C)[C@H]3CC[C@]12C)Cc1c(N)cc(N)cc1C(=O)O. The number of carboxylic acid groups (broad SMARTS) is 1. The molecule has 212 valence electrons. The number of anilines is 2. The van der Waals surface area contributed by atoms with Crippen molar-refractivity contribution < 1.29 is 9.90 Å². The Balaban J connectivity index is 1.17. The van der Waals surface area contributed by atoms with Gasteiger partial charge in [-0.3, -0.25) is 0 Å². The molecule has 1 aromatic carbocycles. The molecule has 0 heterocycles. The molecule has 5 N–H and O–H groups in total. The van der Waals surface area contributed by atoms with Gasteiger partial charge in [-0.15, -0.1) is 0 Å². The lowest BCUT2D eigenvalue weighted by molar-refractivity contribution is -0.114. The van der Waals surface area contributed by atoms with Gasteiger partial charge in [0.25, 0.3) is 0 Å². The number of aromatic carboxylic acids is 1. The van der Waals surface area contributed by atoms with Gasteiger partial charge in [0.05, 0.1) is 5.56 Å². The van der Waals surface area contributed by atoms with Crippen LogP contribution in [0.4, 0.5) is 11.4 Å². The summed E-state index contributed by atoms with van der Waals surface area (Å²) < 4.78 is 0. The van der Waals surface area contributed by atoms with E-state index >= 15 is 0 Å². The molecule has 4 aliphatic rings. The number of hydrogen-bond donors (Lipinski definition) is 3. The molecule has 5 rings (SSSR count). The Hall–Kier alpha value is -1.71. The van der Waals surface area contributed by atoms with Gasteiger partial charge in [0.1, 0.15) is 0 Å². The number of fused-ring (bicyclic) bond motifs is 5. The lowest BCUT2D eigenvalue weighted by atomic mass is 9.44. The van der Waals surface area contributed by atoms with Gasteiger partial charge in [-0.25, -0.2) is 4.79 Å². The molecule has 0 amide bonds. The predicted octanol–water partition coefficient (Wildman–Crippen LogP) is 8.58. The zero-order valence-electron chi connectivity index (χ0n) is 24.6. The summed E-state index contributed by atoms with van der Waals surface area (Å²) in [5.74, 6) is 5.04. The van der Waals surface area contributed by atoms with Crippen molar-refractivity contribution >= 4 is 17.3 Å². The third kappa shape index (κ3) is 4.87. The van der Waals surface area contributed by atoms with Crippen molar-refractivity contribution in [2.24, 2.45) is 52.3 Å². The first kappa shape index (κ1) is 27.8. The lowest BCUT2D eigenvalue weighted by Gasteiger charge is -2.61. The van der Waals surface area contributed by atoms with Crippen LogP contribution in [0.2, 0.25) is 0 Å². The Kier molecular flexibility index (Phi) is 7.84. The van der Waals surface area contributed by atoms with Crippen molar-refractivity contribution in [2.75, 3.05) is 11.5 Å². The molecule has 0 spiro atoms. The Morgan fingerprint density at radius 2 is 1.71 bits per heavy atom. The number of carbonyl (C=O) groups is 1. The maximum atomic E-state index is 11.8. The van der Waals surface area contributed by atoms with Gasteiger partial charge in [-0.1, -0.05) is 59.8 Å². The van der Waals surface area contributed by atoms with Crippen molar-refractivity contribution in [3.63, 3.8) is 0 Å². The molecular weight excluding hydrogens is 468 g/mol. The molecule has 9 atom stereocenters. The fourth-order valence-electron chi connectivity index (χ4n) is 10.8. The summed E-state index contributed by atoms with van der Waals surface area (Å²) in [6.07, 6.45) is 19.1. The zero-order valence-corrected chi connectivity index (χ0v) is 24.6. The first-order valence-corrected chi connectivity index (χ1v) is 16.0. The average molecular weight is 523 g/mol. The number of hydrogen-bond acceptors (Lipinski definition) is 3. The van der Waals surface area contributed by atoms with E-state index < -0.39 is 5.97 Å². The molecule has 0 aliphatic heterocycles. The minimum atomic E-state index is -0.940. The van der Waals surface area contributed by atoms with Crippen LogP contribution in [0.3, 0.4) is 0 Å². The summed E-state index contributed by atoms with van der Waals surface area (Å²) in [5.41, 5.74) is 15.2. The topological polar surface area (TPSA) is 89.3 Å². The van der Waals surface area contributed by atoms with Gasteiger partial charge in [-0.2, -0.15) is 0 Å². The number of nitrogen functional groups attached to an aromatic ring is 2. The quantitative estimate of drug-likeness (QED) is 0.298. The molecule has 0 bridgehead atoms. The van der Waals surface area contributed by atoms with Gasteiger partial charge in [0.2, 0.25) is 0 Å². The first-order chi connectivity index (χ1) is 18.0. The fraction of sp³-hybridized carbons (Fsp3) is 0.794. The van der Waals surface area contributed by atoms with Gasteiger partial charge < -0.3 is 16.6 Å². The van der Waals surface area contributed by atoms with Gasteiger partial charge >= 0.3 is 5.97 Å². The van der Waals surface area contributed by atoms with E-state index in [-0.39, 0.29) is 5.56 Å². The molecule has 4 aliphatic carbocycles. The van der Waals surface area contributed by atoms with E-state index in [9.17, 15) is 9.90 Å². The van der Waals surface area contributed by atoms with Crippen LogP contribution in [-0.4, -0.2) is 11.1 Å².